The van der Waals surface area contributed by atoms with E-state index >= 15 is 0 Å². The van der Waals surface area contributed by atoms with Crippen molar-refractivity contribution in [3.8, 4) is 6.07 Å². The van der Waals surface area contributed by atoms with Crippen LogP contribution in [0.4, 0.5) is 5.69 Å². The van der Waals surface area contributed by atoms with E-state index in [0.717, 1.165) is 11.1 Å². The van der Waals surface area contributed by atoms with Crippen LogP contribution in [0, 0.1) is 11.3 Å². The monoisotopic (exact) mass is 348 g/mol. The Morgan fingerprint density at radius 2 is 2.04 bits per heavy atom. The quantitative estimate of drug-likeness (QED) is 0.854. The zero-order chi connectivity index (χ0) is 17.6. The average Bonchev–Trinajstić information content (AvgIpc) is 2.88. The molecule has 1 N–H and O–H groups in total. The second-order valence-corrected chi connectivity index (χ2v) is 6.74. The normalized spacial score (nSPS) is 24.1. The van der Waals surface area contributed by atoms with Crippen LogP contribution in [0.5, 0.6) is 0 Å². The first-order valence-electron chi connectivity index (χ1n) is 7.88. The summed E-state index contributed by atoms with van der Waals surface area (Å²) in [5.41, 5.74) is 1.80. The molecule has 0 radical (unpaired) electrons. The lowest BCUT2D eigenvalue weighted by atomic mass is 9.64. The van der Waals surface area contributed by atoms with Crippen molar-refractivity contribution in [1.82, 2.24) is 0 Å². The van der Waals surface area contributed by atoms with Gasteiger partial charge < -0.3 is 5.32 Å². The van der Waals surface area contributed by atoms with Crippen LogP contribution < -0.4 is 5.32 Å². The minimum absolute atomic E-state index is 0.0341. The van der Waals surface area contributed by atoms with Gasteiger partial charge in [-0.1, -0.05) is 35.9 Å². The van der Waals surface area contributed by atoms with E-state index in [2.05, 4.69) is 11.4 Å². The molecule has 2 aliphatic rings. The highest BCUT2D eigenvalue weighted by Gasteiger charge is 2.53. The molecule has 25 heavy (non-hydrogen) atoms. The van der Waals surface area contributed by atoms with E-state index in [4.69, 9.17) is 11.6 Å². The van der Waals surface area contributed by atoms with Crippen LogP contribution >= 0.6 is 11.6 Å². The molecule has 5 heteroatoms. The van der Waals surface area contributed by atoms with Crippen LogP contribution in [0.25, 0.3) is 0 Å². The van der Waals surface area contributed by atoms with E-state index < -0.39 is 5.41 Å². The number of anilines is 1. The van der Waals surface area contributed by atoms with Gasteiger partial charge in [0.2, 0.25) is 5.91 Å². The summed E-state index contributed by atoms with van der Waals surface area (Å²) in [6, 6.07) is 14.5. The number of benzene rings is 2. The zero-order valence-electron chi connectivity index (χ0n) is 13.1. The van der Waals surface area contributed by atoms with Gasteiger partial charge in [0.25, 0.3) is 0 Å². The van der Waals surface area contributed by atoms with Gasteiger partial charge in [-0.15, -0.1) is 0 Å². The molecule has 1 heterocycles. The molecule has 2 aromatic carbocycles. The van der Waals surface area contributed by atoms with E-state index in [0.29, 0.717) is 16.3 Å². The summed E-state index contributed by atoms with van der Waals surface area (Å²) < 4.78 is 0. The second-order valence-electron chi connectivity index (χ2n) is 6.31. The van der Waals surface area contributed by atoms with Crippen LogP contribution in [0.2, 0.25) is 5.02 Å². The number of ketones is 1. The maximum absolute atomic E-state index is 13.0. The molecule has 0 saturated carbocycles. The van der Waals surface area contributed by atoms with Crippen LogP contribution in [0.1, 0.15) is 29.0 Å². The fourth-order valence-electron chi connectivity index (χ4n) is 3.82. The Morgan fingerprint density at radius 3 is 2.84 bits per heavy atom. The first-order valence-corrected chi connectivity index (χ1v) is 8.26. The highest BCUT2D eigenvalue weighted by Crippen LogP contribution is 2.52. The molecule has 122 valence electrons. The van der Waals surface area contributed by atoms with Crippen molar-refractivity contribution < 1.29 is 9.59 Å². The lowest BCUT2D eigenvalue weighted by Crippen LogP contribution is -2.42. The molecule has 2 atom stereocenters. The average molecular weight is 349 g/mol. The topological polar surface area (TPSA) is 70.0 Å². The molecule has 1 aliphatic carbocycles. The van der Waals surface area contributed by atoms with Crippen molar-refractivity contribution >= 4 is 29.0 Å². The smallest absolute Gasteiger partial charge is 0.239 e. The van der Waals surface area contributed by atoms with Gasteiger partial charge in [-0.3, -0.25) is 9.59 Å². The third-order valence-electron chi connectivity index (χ3n) is 4.96. The Hall–Kier alpha value is -2.90. The van der Waals surface area contributed by atoms with Crippen molar-refractivity contribution in [1.29, 1.82) is 5.26 Å². The van der Waals surface area contributed by atoms with E-state index in [-0.39, 0.29) is 24.0 Å². The van der Waals surface area contributed by atoms with Crippen LogP contribution in [0.3, 0.4) is 0 Å². The van der Waals surface area contributed by atoms with Crippen molar-refractivity contribution in [2.24, 2.45) is 0 Å². The largest absolute Gasteiger partial charge is 0.325 e. The van der Waals surface area contributed by atoms with Gasteiger partial charge >= 0.3 is 0 Å². The van der Waals surface area contributed by atoms with Gasteiger partial charge in [-0.05, 0) is 41.5 Å². The minimum Gasteiger partial charge on any atom is -0.325 e. The Bertz CT molecular complexity index is 989. The van der Waals surface area contributed by atoms with Crippen molar-refractivity contribution in [3.63, 3.8) is 0 Å². The van der Waals surface area contributed by atoms with Gasteiger partial charge in [0.1, 0.15) is 5.41 Å². The predicted molar refractivity (Wildman–Crippen MR) is 94.4 cm³/mol. The maximum Gasteiger partial charge on any atom is 0.239 e. The fraction of sp³-hybridized carbons (Fsp3) is 0.150. The number of fused-ring (bicyclic) bond motifs is 2. The van der Waals surface area contributed by atoms with Gasteiger partial charge in [0, 0.05) is 23.0 Å². The number of rotatable bonds is 1. The molecule has 0 unspecified atom stereocenters. The van der Waals surface area contributed by atoms with Gasteiger partial charge in [0.15, 0.2) is 5.78 Å². The number of hydrogen-bond acceptors (Lipinski definition) is 3. The van der Waals surface area contributed by atoms with Crippen molar-refractivity contribution in [2.75, 3.05) is 5.32 Å². The summed E-state index contributed by atoms with van der Waals surface area (Å²) in [6.45, 7) is 0. The Kier molecular flexibility index (Phi) is 3.48. The highest BCUT2D eigenvalue weighted by molar-refractivity contribution is 6.31. The van der Waals surface area contributed by atoms with E-state index in [1.165, 1.54) is 6.08 Å². The summed E-state index contributed by atoms with van der Waals surface area (Å²) in [5, 5.41) is 12.6. The van der Waals surface area contributed by atoms with Crippen LogP contribution in [0.15, 0.2) is 54.6 Å². The molecular weight excluding hydrogens is 336 g/mol. The number of halogens is 1. The second kappa shape index (κ2) is 5.58. The van der Waals surface area contributed by atoms with E-state index in [1.54, 1.807) is 36.4 Å². The maximum atomic E-state index is 13.0. The lowest BCUT2D eigenvalue weighted by Gasteiger charge is -2.36. The minimum atomic E-state index is -0.970. The zero-order valence-corrected chi connectivity index (χ0v) is 13.9. The molecule has 0 saturated heterocycles. The summed E-state index contributed by atoms with van der Waals surface area (Å²) in [6.07, 6.45) is 3.38. The van der Waals surface area contributed by atoms with Crippen LogP contribution in [-0.4, -0.2) is 11.7 Å². The van der Waals surface area contributed by atoms with Gasteiger partial charge in [-0.25, -0.2) is 0 Å². The number of allylic oxidation sites excluding steroid dienone is 1. The van der Waals surface area contributed by atoms with Gasteiger partial charge in [-0.2, -0.15) is 5.26 Å². The third-order valence-corrected chi connectivity index (χ3v) is 5.19. The van der Waals surface area contributed by atoms with Crippen molar-refractivity contribution in [3.05, 3.63) is 76.3 Å². The molecule has 0 bridgehead atoms. The number of carbonyl (C=O) groups excluding carboxylic acids is 2. The van der Waals surface area contributed by atoms with Crippen molar-refractivity contribution in [2.45, 2.75) is 17.8 Å². The number of hydrogen-bond donors (Lipinski definition) is 1. The highest BCUT2D eigenvalue weighted by atomic mass is 35.5. The molecule has 2 aromatic rings. The number of carbonyl (C=O) groups is 2. The summed E-state index contributed by atoms with van der Waals surface area (Å²) >= 11 is 6.06. The molecular formula is C20H13ClN2O2. The standard InChI is InChI=1S/C20H13ClN2O2/c21-14-4-5-16-18(9-14)23-19(25)20(16)7-6-15(24)10-17(20)13-3-1-2-12(8-13)11-22/h1-9,17H,10H2,(H,23,25)/t17-,20-/m0/s1. The Labute approximate surface area is 149 Å². The molecule has 1 spiro atoms. The lowest BCUT2D eigenvalue weighted by molar-refractivity contribution is -0.121. The predicted octanol–water partition coefficient (Wildman–Crippen LogP) is 3.71. The van der Waals surface area contributed by atoms with Gasteiger partial charge in [0.05, 0.1) is 11.6 Å². The number of nitriles is 1. The number of nitrogens with one attached hydrogen (secondary N) is 1. The first kappa shape index (κ1) is 15.6. The molecule has 0 fully saturated rings. The van der Waals surface area contributed by atoms with Crippen LogP contribution in [-0.2, 0) is 15.0 Å². The number of amides is 1. The molecule has 1 amide bonds. The number of nitrogens with zero attached hydrogens (tertiary/aromatic N) is 1. The third kappa shape index (κ3) is 2.28. The summed E-state index contributed by atoms with van der Waals surface area (Å²) in [4.78, 5) is 25.1. The summed E-state index contributed by atoms with van der Waals surface area (Å²) in [7, 11) is 0. The molecule has 4 nitrogen and oxygen atoms in total. The Balaban J connectivity index is 1.95. The fourth-order valence-corrected chi connectivity index (χ4v) is 3.99. The molecule has 1 aliphatic heterocycles. The van der Waals surface area contributed by atoms with E-state index in [1.807, 2.05) is 12.1 Å². The SMILES string of the molecule is N#Cc1cccc([C@@H]2CC(=O)C=C[C@@]23C(=O)Nc2cc(Cl)ccc23)c1. The molecule has 4 rings (SSSR count). The molecule has 0 aromatic heterocycles. The Morgan fingerprint density at radius 1 is 1.20 bits per heavy atom. The summed E-state index contributed by atoms with van der Waals surface area (Å²) in [5.74, 6) is -0.588. The van der Waals surface area contributed by atoms with E-state index in [9.17, 15) is 14.9 Å². The first-order chi connectivity index (χ1) is 12.0.